The number of carbonyl (C=O) groups excluding carboxylic acids is 1. The van der Waals surface area contributed by atoms with E-state index in [1.54, 1.807) is 0 Å². The molecule has 1 heterocycles. The Kier molecular flexibility index (Phi) is 3.72. The smallest absolute Gasteiger partial charge is 0.381 e. The van der Waals surface area contributed by atoms with Crippen LogP contribution in [-0.2, 0) is 9.53 Å². The van der Waals surface area contributed by atoms with Gasteiger partial charge in [-0.15, -0.1) is 0 Å². The van der Waals surface area contributed by atoms with Crippen molar-refractivity contribution >= 4 is 5.78 Å². The molecule has 0 saturated carbocycles. The largest absolute Gasteiger partial charge is 0.389 e. The fourth-order valence-electron chi connectivity index (χ4n) is 1.52. The molecule has 0 amide bonds. The van der Waals surface area contributed by atoms with E-state index < -0.39 is 30.3 Å². The van der Waals surface area contributed by atoms with Crippen molar-refractivity contribution in [3.63, 3.8) is 0 Å². The van der Waals surface area contributed by atoms with Gasteiger partial charge in [0.2, 0.25) is 0 Å². The van der Waals surface area contributed by atoms with Gasteiger partial charge in [0.05, 0.1) is 12.0 Å². The summed E-state index contributed by atoms with van der Waals surface area (Å²) in [6.07, 6.45) is -5.30. The van der Waals surface area contributed by atoms with E-state index >= 15 is 0 Å². The van der Waals surface area contributed by atoms with Crippen LogP contribution in [0, 0.1) is 0 Å². The first-order valence-electron chi connectivity index (χ1n) is 4.80. The predicted octanol–water partition coefficient (Wildman–Crippen LogP) is 1.41. The molecule has 6 heteroatoms. The summed E-state index contributed by atoms with van der Waals surface area (Å²) in [5.74, 6) is -0.511. The van der Waals surface area contributed by atoms with Gasteiger partial charge in [-0.3, -0.25) is 4.79 Å². The summed E-state index contributed by atoms with van der Waals surface area (Å²) in [6, 6.07) is 0. The fraction of sp³-hybridized carbons (Fsp3) is 0.889. The third-order valence-corrected chi connectivity index (χ3v) is 2.58. The minimum atomic E-state index is -4.29. The summed E-state index contributed by atoms with van der Waals surface area (Å²) >= 11 is 0. The normalized spacial score (nSPS) is 21.3. The molecule has 0 bridgehead atoms. The Labute approximate surface area is 85.8 Å². The van der Waals surface area contributed by atoms with Crippen LogP contribution in [0.15, 0.2) is 0 Å². The van der Waals surface area contributed by atoms with E-state index in [1.807, 2.05) is 0 Å². The van der Waals surface area contributed by atoms with Crippen molar-refractivity contribution in [2.75, 3.05) is 13.2 Å². The van der Waals surface area contributed by atoms with Crippen molar-refractivity contribution in [2.24, 2.45) is 5.73 Å². The maximum atomic E-state index is 11.9. The van der Waals surface area contributed by atoms with Gasteiger partial charge >= 0.3 is 6.18 Å². The Balaban J connectivity index is 2.45. The number of ether oxygens (including phenoxy) is 1. The van der Waals surface area contributed by atoms with Gasteiger partial charge in [0.1, 0.15) is 0 Å². The first kappa shape index (κ1) is 12.4. The number of hydrogen-bond donors (Lipinski definition) is 1. The Morgan fingerprint density at radius 1 is 1.33 bits per heavy atom. The molecular formula is C9H14F3NO2. The second kappa shape index (κ2) is 4.49. The molecule has 0 spiro atoms. The molecule has 15 heavy (non-hydrogen) atoms. The molecular weight excluding hydrogens is 211 g/mol. The van der Waals surface area contributed by atoms with E-state index in [-0.39, 0.29) is 0 Å². The van der Waals surface area contributed by atoms with E-state index in [4.69, 9.17) is 10.5 Å². The van der Waals surface area contributed by atoms with Gasteiger partial charge in [0, 0.05) is 19.6 Å². The number of nitrogens with two attached hydrogens (primary N) is 1. The van der Waals surface area contributed by atoms with Gasteiger partial charge in [0.25, 0.3) is 0 Å². The van der Waals surface area contributed by atoms with Crippen LogP contribution >= 0.6 is 0 Å². The zero-order valence-electron chi connectivity index (χ0n) is 8.27. The minimum Gasteiger partial charge on any atom is -0.381 e. The third kappa shape index (κ3) is 3.79. The van der Waals surface area contributed by atoms with Crippen LogP contribution in [0.2, 0.25) is 0 Å². The molecule has 0 aromatic rings. The number of Topliss-reactive ketones (excluding diaryl/α,β-unsaturated/α-hetero) is 1. The highest BCUT2D eigenvalue weighted by molar-refractivity contribution is 5.88. The molecule has 0 aliphatic carbocycles. The molecule has 1 rings (SSSR count). The average molecular weight is 225 g/mol. The fourth-order valence-corrected chi connectivity index (χ4v) is 1.52. The lowest BCUT2D eigenvalue weighted by Crippen LogP contribution is -2.52. The second-order valence-corrected chi connectivity index (χ2v) is 3.81. The number of halogens is 3. The maximum Gasteiger partial charge on any atom is 0.389 e. The molecule has 3 nitrogen and oxygen atoms in total. The summed E-state index contributed by atoms with van der Waals surface area (Å²) in [7, 11) is 0. The zero-order chi connectivity index (χ0) is 11.5. The van der Waals surface area contributed by atoms with E-state index in [1.165, 1.54) is 0 Å². The zero-order valence-corrected chi connectivity index (χ0v) is 8.27. The summed E-state index contributed by atoms with van der Waals surface area (Å²) in [5.41, 5.74) is 4.63. The average Bonchev–Trinajstić information content (AvgIpc) is 2.14. The SMILES string of the molecule is NC1(C(=O)CCC(F)(F)F)CCOCC1. The van der Waals surface area contributed by atoms with Crippen LogP contribution in [0.3, 0.4) is 0 Å². The molecule has 0 atom stereocenters. The summed E-state index contributed by atoms with van der Waals surface area (Å²) in [4.78, 5) is 11.5. The molecule has 0 unspecified atom stereocenters. The Hall–Kier alpha value is -0.620. The van der Waals surface area contributed by atoms with Crippen LogP contribution in [0.5, 0.6) is 0 Å². The van der Waals surface area contributed by atoms with Crippen LogP contribution in [0.4, 0.5) is 13.2 Å². The molecule has 2 N–H and O–H groups in total. The van der Waals surface area contributed by atoms with Crippen molar-refractivity contribution in [3.8, 4) is 0 Å². The van der Waals surface area contributed by atoms with E-state index in [2.05, 4.69) is 0 Å². The van der Waals surface area contributed by atoms with Gasteiger partial charge in [-0.25, -0.2) is 0 Å². The van der Waals surface area contributed by atoms with Gasteiger partial charge in [-0.1, -0.05) is 0 Å². The van der Waals surface area contributed by atoms with Crippen LogP contribution in [0.25, 0.3) is 0 Å². The number of hydrogen-bond acceptors (Lipinski definition) is 3. The van der Waals surface area contributed by atoms with Gasteiger partial charge in [0.15, 0.2) is 5.78 Å². The Morgan fingerprint density at radius 2 is 1.87 bits per heavy atom. The second-order valence-electron chi connectivity index (χ2n) is 3.81. The number of rotatable bonds is 3. The Morgan fingerprint density at radius 3 is 2.33 bits per heavy atom. The maximum absolute atomic E-state index is 11.9. The molecule has 0 aromatic heterocycles. The highest BCUT2D eigenvalue weighted by Crippen LogP contribution is 2.26. The first-order valence-corrected chi connectivity index (χ1v) is 4.80. The van der Waals surface area contributed by atoms with Crippen molar-refractivity contribution < 1.29 is 22.7 Å². The van der Waals surface area contributed by atoms with E-state index in [0.717, 1.165) is 0 Å². The van der Waals surface area contributed by atoms with Crippen LogP contribution in [0.1, 0.15) is 25.7 Å². The lowest BCUT2D eigenvalue weighted by atomic mass is 9.85. The lowest BCUT2D eigenvalue weighted by molar-refractivity contribution is -0.146. The van der Waals surface area contributed by atoms with E-state index in [9.17, 15) is 18.0 Å². The monoisotopic (exact) mass is 225 g/mol. The van der Waals surface area contributed by atoms with Gasteiger partial charge < -0.3 is 10.5 Å². The summed E-state index contributed by atoms with van der Waals surface area (Å²) in [5, 5.41) is 0. The molecule has 1 fully saturated rings. The molecule has 88 valence electrons. The number of alkyl halides is 3. The van der Waals surface area contributed by atoms with Gasteiger partial charge in [-0.2, -0.15) is 13.2 Å². The van der Waals surface area contributed by atoms with Crippen LogP contribution < -0.4 is 5.73 Å². The Bertz CT molecular complexity index is 234. The predicted molar refractivity (Wildman–Crippen MR) is 47.3 cm³/mol. The van der Waals surface area contributed by atoms with Crippen molar-refractivity contribution in [3.05, 3.63) is 0 Å². The quantitative estimate of drug-likeness (QED) is 0.790. The van der Waals surface area contributed by atoms with Crippen LogP contribution in [-0.4, -0.2) is 30.7 Å². The summed E-state index contributed by atoms with van der Waals surface area (Å²) in [6.45, 7) is 0.683. The number of ketones is 1. The van der Waals surface area contributed by atoms with Crippen molar-refractivity contribution in [2.45, 2.75) is 37.4 Å². The number of carbonyl (C=O) groups is 1. The third-order valence-electron chi connectivity index (χ3n) is 2.58. The first-order chi connectivity index (χ1) is 6.83. The summed E-state index contributed by atoms with van der Waals surface area (Å²) < 4.78 is 40.7. The minimum absolute atomic E-state index is 0.309. The highest BCUT2D eigenvalue weighted by Gasteiger charge is 2.37. The highest BCUT2D eigenvalue weighted by atomic mass is 19.4. The van der Waals surface area contributed by atoms with Gasteiger partial charge in [-0.05, 0) is 12.8 Å². The molecule has 1 aliphatic heterocycles. The van der Waals surface area contributed by atoms with Crippen molar-refractivity contribution in [1.29, 1.82) is 0 Å². The van der Waals surface area contributed by atoms with E-state index in [0.29, 0.717) is 26.1 Å². The molecule has 0 radical (unpaired) electrons. The molecule has 1 saturated heterocycles. The molecule has 1 aliphatic rings. The van der Waals surface area contributed by atoms with Crippen molar-refractivity contribution in [1.82, 2.24) is 0 Å². The standard InChI is InChI=1S/C9H14F3NO2/c10-9(11,12)2-1-7(14)8(13)3-5-15-6-4-8/h1-6,13H2. The molecule has 0 aromatic carbocycles. The topological polar surface area (TPSA) is 52.3 Å². The lowest BCUT2D eigenvalue weighted by Gasteiger charge is -2.31.